The van der Waals surface area contributed by atoms with Gasteiger partial charge < -0.3 is 10.6 Å². The number of aromatic nitrogens is 2. The summed E-state index contributed by atoms with van der Waals surface area (Å²) >= 11 is 0. The third kappa shape index (κ3) is 2.36. The van der Waals surface area contributed by atoms with Crippen molar-refractivity contribution < 1.29 is 0 Å². The summed E-state index contributed by atoms with van der Waals surface area (Å²) in [4.78, 5) is 2.26. The highest BCUT2D eigenvalue weighted by molar-refractivity contribution is 5.90. The van der Waals surface area contributed by atoms with Crippen LogP contribution in [0.2, 0.25) is 0 Å². The van der Waals surface area contributed by atoms with Crippen molar-refractivity contribution in [3.8, 4) is 0 Å². The fraction of sp³-hybridized carbons (Fsp3) is 0.385. The summed E-state index contributed by atoms with van der Waals surface area (Å²) < 4.78 is 0. The standard InChI is InChI=1S/C13H18N4/c1-10(2)17(8-7-14)13-9-15-16-12-6-4-3-5-11(12)13/h3-6,9-10H,7-8,14H2,1-2H3. The molecule has 0 amide bonds. The van der Waals surface area contributed by atoms with E-state index in [1.54, 1.807) is 0 Å². The Labute approximate surface area is 101 Å². The maximum Gasteiger partial charge on any atom is 0.0950 e. The van der Waals surface area contributed by atoms with Gasteiger partial charge in [-0.3, -0.25) is 0 Å². The lowest BCUT2D eigenvalue weighted by molar-refractivity contribution is 0.684. The maximum absolute atomic E-state index is 5.67. The van der Waals surface area contributed by atoms with Gasteiger partial charge in [0.05, 0.1) is 17.4 Å². The van der Waals surface area contributed by atoms with Crippen LogP contribution < -0.4 is 10.6 Å². The van der Waals surface area contributed by atoms with Gasteiger partial charge in [0.25, 0.3) is 0 Å². The fourth-order valence-corrected chi connectivity index (χ4v) is 2.02. The van der Waals surface area contributed by atoms with Gasteiger partial charge in [0.15, 0.2) is 0 Å². The van der Waals surface area contributed by atoms with Gasteiger partial charge in [-0.1, -0.05) is 18.2 Å². The first-order valence-electron chi connectivity index (χ1n) is 5.91. The summed E-state index contributed by atoms with van der Waals surface area (Å²) in [7, 11) is 0. The van der Waals surface area contributed by atoms with Crippen molar-refractivity contribution >= 4 is 16.6 Å². The van der Waals surface area contributed by atoms with Gasteiger partial charge >= 0.3 is 0 Å². The smallest absolute Gasteiger partial charge is 0.0950 e. The summed E-state index contributed by atoms with van der Waals surface area (Å²) in [6.07, 6.45) is 1.82. The molecule has 17 heavy (non-hydrogen) atoms. The summed E-state index contributed by atoms with van der Waals surface area (Å²) in [6.45, 7) is 5.78. The van der Waals surface area contributed by atoms with Crippen LogP contribution in [0.1, 0.15) is 13.8 Å². The zero-order valence-corrected chi connectivity index (χ0v) is 10.3. The Hall–Kier alpha value is -1.68. The van der Waals surface area contributed by atoms with Gasteiger partial charge in [0.2, 0.25) is 0 Å². The Morgan fingerprint density at radius 3 is 2.76 bits per heavy atom. The van der Waals surface area contributed by atoms with E-state index in [4.69, 9.17) is 5.73 Å². The van der Waals surface area contributed by atoms with Crippen LogP contribution in [0.25, 0.3) is 10.9 Å². The zero-order valence-electron chi connectivity index (χ0n) is 10.3. The highest BCUT2D eigenvalue weighted by Gasteiger charge is 2.13. The molecule has 0 saturated heterocycles. The topological polar surface area (TPSA) is 55.0 Å². The lowest BCUT2D eigenvalue weighted by Gasteiger charge is -2.28. The van der Waals surface area contributed by atoms with Gasteiger partial charge in [-0.05, 0) is 19.9 Å². The molecule has 2 N–H and O–H groups in total. The van der Waals surface area contributed by atoms with Crippen LogP contribution in [0.5, 0.6) is 0 Å². The monoisotopic (exact) mass is 230 g/mol. The molecule has 0 bridgehead atoms. The number of nitrogens with zero attached hydrogens (tertiary/aromatic N) is 3. The molecule has 0 atom stereocenters. The highest BCUT2D eigenvalue weighted by Crippen LogP contribution is 2.25. The summed E-state index contributed by atoms with van der Waals surface area (Å²) in [5.41, 5.74) is 7.70. The molecule has 0 fully saturated rings. The molecule has 0 aliphatic heterocycles. The Morgan fingerprint density at radius 1 is 1.29 bits per heavy atom. The molecule has 0 aliphatic carbocycles. The first-order valence-corrected chi connectivity index (χ1v) is 5.91. The van der Waals surface area contributed by atoms with Crippen molar-refractivity contribution in [2.45, 2.75) is 19.9 Å². The predicted molar refractivity (Wildman–Crippen MR) is 71.1 cm³/mol. The van der Waals surface area contributed by atoms with Gasteiger partial charge in [-0.2, -0.15) is 10.2 Å². The SMILES string of the molecule is CC(C)N(CCN)c1cnnc2ccccc12. The average molecular weight is 230 g/mol. The van der Waals surface area contributed by atoms with E-state index in [0.29, 0.717) is 12.6 Å². The minimum absolute atomic E-state index is 0.395. The largest absolute Gasteiger partial charge is 0.366 e. The van der Waals surface area contributed by atoms with Crippen LogP contribution in [0.3, 0.4) is 0 Å². The number of hydrogen-bond donors (Lipinski definition) is 1. The molecule has 2 rings (SSSR count). The molecule has 0 spiro atoms. The average Bonchev–Trinajstić information content (AvgIpc) is 2.35. The Morgan fingerprint density at radius 2 is 2.06 bits per heavy atom. The molecule has 0 saturated carbocycles. The lowest BCUT2D eigenvalue weighted by Crippen LogP contribution is -2.35. The quantitative estimate of drug-likeness (QED) is 0.870. The first kappa shape index (κ1) is 11.8. The first-order chi connectivity index (χ1) is 8.24. The summed E-state index contributed by atoms with van der Waals surface area (Å²) in [5.74, 6) is 0. The van der Waals surface area contributed by atoms with Crippen LogP contribution in [-0.4, -0.2) is 29.3 Å². The minimum Gasteiger partial charge on any atom is -0.366 e. The van der Waals surface area contributed by atoms with E-state index in [9.17, 15) is 0 Å². The van der Waals surface area contributed by atoms with Crippen molar-refractivity contribution in [2.24, 2.45) is 5.73 Å². The van der Waals surface area contributed by atoms with Gasteiger partial charge in [-0.15, -0.1) is 0 Å². The number of anilines is 1. The van der Waals surface area contributed by atoms with E-state index in [-0.39, 0.29) is 0 Å². The van der Waals surface area contributed by atoms with Crippen LogP contribution in [0.4, 0.5) is 5.69 Å². The highest BCUT2D eigenvalue weighted by atomic mass is 15.2. The number of nitrogens with two attached hydrogens (primary N) is 1. The summed E-state index contributed by atoms with van der Waals surface area (Å²) in [6, 6.07) is 8.45. The Balaban J connectivity index is 2.52. The number of hydrogen-bond acceptors (Lipinski definition) is 4. The van der Waals surface area contributed by atoms with Crippen LogP contribution >= 0.6 is 0 Å². The molecule has 1 aromatic heterocycles. The van der Waals surface area contributed by atoms with E-state index in [1.165, 1.54) is 0 Å². The van der Waals surface area contributed by atoms with Crippen molar-refractivity contribution in [1.82, 2.24) is 10.2 Å². The molecule has 1 aromatic carbocycles. The fourth-order valence-electron chi connectivity index (χ4n) is 2.02. The van der Waals surface area contributed by atoms with E-state index < -0.39 is 0 Å². The zero-order chi connectivity index (χ0) is 12.3. The van der Waals surface area contributed by atoms with E-state index in [2.05, 4.69) is 35.0 Å². The van der Waals surface area contributed by atoms with Crippen LogP contribution in [0.15, 0.2) is 30.5 Å². The molecule has 0 unspecified atom stereocenters. The molecule has 4 heteroatoms. The number of rotatable bonds is 4. The van der Waals surface area contributed by atoms with Gasteiger partial charge in [-0.25, -0.2) is 0 Å². The van der Waals surface area contributed by atoms with E-state index in [1.807, 2.05) is 24.4 Å². The van der Waals surface area contributed by atoms with Gasteiger partial charge in [0.1, 0.15) is 0 Å². The Bertz CT molecular complexity index is 490. The van der Waals surface area contributed by atoms with E-state index in [0.717, 1.165) is 23.1 Å². The molecule has 0 aliphatic rings. The number of fused-ring (bicyclic) bond motifs is 1. The normalized spacial score (nSPS) is 11.1. The third-order valence-electron chi connectivity index (χ3n) is 2.83. The number of benzene rings is 1. The third-order valence-corrected chi connectivity index (χ3v) is 2.83. The lowest BCUT2D eigenvalue weighted by atomic mass is 10.1. The van der Waals surface area contributed by atoms with Crippen molar-refractivity contribution in [3.05, 3.63) is 30.5 Å². The molecular formula is C13H18N4. The van der Waals surface area contributed by atoms with Crippen molar-refractivity contribution in [2.75, 3.05) is 18.0 Å². The van der Waals surface area contributed by atoms with Crippen molar-refractivity contribution in [3.63, 3.8) is 0 Å². The van der Waals surface area contributed by atoms with Gasteiger partial charge in [0, 0.05) is 24.5 Å². The molecule has 90 valence electrons. The second kappa shape index (κ2) is 5.10. The second-order valence-electron chi connectivity index (χ2n) is 4.32. The molecule has 1 heterocycles. The molecule has 0 radical (unpaired) electrons. The molecule has 2 aromatic rings. The predicted octanol–water partition coefficient (Wildman–Crippen LogP) is 1.80. The van der Waals surface area contributed by atoms with Crippen molar-refractivity contribution in [1.29, 1.82) is 0 Å². The molecule has 4 nitrogen and oxygen atoms in total. The molecular weight excluding hydrogens is 212 g/mol. The van der Waals surface area contributed by atoms with Crippen LogP contribution in [-0.2, 0) is 0 Å². The van der Waals surface area contributed by atoms with Crippen LogP contribution in [0, 0.1) is 0 Å². The Kier molecular flexibility index (Phi) is 3.54. The summed E-state index contributed by atoms with van der Waals surface area (Å²) in [5, 5.41) is 9.33. The maximum atomic E-state index is 5.67. The minimum atomic E-state index is 0.395. The second-order valence-corrected chi connectivity index (χ2v) is 4.32. The van der Waals surface area contributed by atoms with E-state index >= 15 is 0 Å².